The lowest BCUT2D eigenvalue weighted by Gasteiger charge is -2.26. The third-order valence-electron chi connectivity index (χ3n) is 6.78. The molecule has 1 aliphatic heterocycles. The van der Waals surface area contributed by atoms with E-state index in [1.807, 2.05) is 25.1 Å². The SMILES string of the molecule is CCc1cc(-c2ccc(NS(=O)(=O)Cc3ccc(C#N)cc3)c(F)c2)cc2cnc(N[C@@H]3CNC[C@@H](F)C3)nc12. The van der Waals surface area contributed by atoms with E-state index in [9.17, 15) is 12.8 Å². The summed E-state index contributed by atoms with van der Waals surface area (Å²) in [6.45, 7) is 2.99. The standard InChI is InChI=1S/C29H28F2N6O2S/c1-2-20-9-22(10-23-14-34-29(36-28(20)23)35-25-12-24(30)15-33-16-25)21-7-8-27(26(31)11-21)37-40(38,39)17-19-5-3-18(13-32)4-6-19/h3-11,14,24-25,33,37H,2,12,15-17H2,1H3,(H,34,35,36)/t24-,25-/m0/s1. The second-order valence-electron chi connectivity index (χ2n) is 9.82. The predicted molar refractivity (Wildman–Crippen MR) is 152 cm³/mol. The number of anilines is 2. The van der Waals surface area contributed by atoms with Crippen LogP contribution in [0.5, 0.6) is 0 Å². The van der Waals surface area contributed by atoms with Crippen LogP contribution in [0.2, 0.25) is 0 Å². The molecule has 3 aromatic carbocycles. The largest absolute Gasteiger partial charge is 0.350 e. The van der Waals surface area contributed by atoms with E-state index in [2.05, 4.69) is 25.3 Å². The number of nitrogens with one attached hydrogen (secondary N) is 3. The average molecular weight is 563 g/mol. The van der Waals surface area contributed by atoms with Crippen LogP contribution in [0.25, 0.3) is 22.0 Å². The minimum atomic E-state index is -3.88. The van der Waals surface area contributed by atoms with Gasteiger partial charge in [-0.15, -0.1) is 0 Å². The third kappa shape index (κ3) is 6.35. The van der Waals surface area contributed by atoms with Gasteiger partial charge in [-0.25, -0.2) is 27.2 Å². The van der Waals surface area contributed by atoms with Crippen LogP contribution in [0.15, 0.2) is 60.8 Å². The highest BCUT2D eigenvalue weighted by Crippen LogP contribution is 2.30. The van der Waals surface area contributed by atoms with Crippen molar-refractivity contribution in [3.8, 4) is 17.2 Å². The summed E-state index contributed by atoms with van der Waals surface area (Å²) < 4.78 is 56.4. The van der Waals surface area contributed by atoms with Gasteiger partial charge in [0.25, 0.3) is 0 Å². The molecule has 0 aliphatic carbocycles. The van der Waals surface area contributed by atoms with Gasteiger partial charge in [-0.2, -0.15) is 5.26 Å². The van der Waals surface area contributed by atoms with Crippen molar-refractivity contribution in [2.75, 3.05) is 23.1 Å². The average Bonchev–Trinajstić information content (AvgIpc) is 2.93. The summed E-state index contributed by atoms with van der Waals surface area (Å²) in [6.07, 6.45) is 1.85. The molecule has 206 valence electrons. The molecule has 1 aromatic heterocycles. The molecule has 11 heteroatoms. The summed E-state index contributed by atoms with van der Waals surface area (Å²) in [6, 6.07) is 16.2. The van der Waals surface area contributed by atoms with Gasteiger partial charge in [-0.1, -0.05) is 25.1 Å². The van der Waals surface area contributed by atoms with Crippen LogP contribution in [-0.4, -0.2) is 43.7 Å². The summed E-state index contributed by atoms with van der Waals surface area (Å²) in [5.74, 6) is -0.631. The van der Waals surface area contributed by atoms with Crippen molar-refractivity contribution in [3.05, 3.63) is 83.3 Å². The Bertz CT molecular complexity index is 1690. The van der Waals surface area contributed by atoms with Gasteiger partial charge in [0.05, 0.1) is 28.6 Å². The summed E-state index contributed by atoms with van der Waals surface area (Å²) in [4.78, 5) is 9.09. The molecule has 4 aromatic rings. The van der Waals surface area contributed by atoms with Crippen LogP contribution in [0.3, 0.4) is 0 Å². The zero-order valence-electron chi connectivity index (χ0n) is 21.8. The maximum absolute atomic E-state index is 15.1. The number of nitriles is 1. The zero-order valence-corrected chi connectivity index (χ0v) is 22.6. The van der Waals surface area contributed by atoms with Crippen molar-refractivity contribution >= 4 is 32.6 Å². The highest BCUT2D eigenvalue weighted by atomic mass is 32.2. The number of piperidine rings is 1. The fraction of sp³-hybridized carbons (Fsp3) is 0.276. The van der Waals surface area contributed by atoms with E-state index in [1.165, 1.54) is 24.3 Å². The van der Waals surface area contributed by atoms with Gasteiger partial charge in [0.1, 0.15) is 12.0 Å². The van der Waals surface area contributed by atoms with Crippen LogP contribution < -0.4 is 15.4 Å². The van der Waals surface area contributed by atoms with Crippen LogP contribution in [0.4, 0.5) is 20.4 Å². The van der Waals surface area contributed by atoms with Crippen molar-refractivity contribution in [2.45, 2.75) is 37.7 Å². The molecule has 0 saturated carbocycles. The minimum Gasteiger partial charge on any atom is -0.350 e. The number of hydrogen-bond donors (Lipinski definition) is 3. The van der Waals surface area contributed by atoms with E-state index < -0.39 is 22.0 Å². The Morgan fingerprint density at radius 1 is 1.10 bits per heavy atom. The maximum atomic E-state index is 15.1. The zero-order chi connectivity index (χ0) is 28.3. The Labute approximate surface area is 231 Å². The Hall–Kier alpha value is -4.14. The minimum absolute atomic E-state index is 0.103. The molecule has 2 atom stereocenters. The monoisotopic (exact) mass is 562 g/mol. The van der Waals surface area contributed by atoms with Gasteiger partial charge >= 0.3 is 0 Å². The van der Waals surface area contributed by atoms with E-state index in [-0.39, 0.29) is 17.5 Å². The molecule has 0 unspecified atom stereocenters. The van der Waals surface area contributed by atoms with Crippen molar-refractivity contribution in [1.82, 2.24) is 15.3 Å². The molecule has 5 rings (SSSR count). The molecule has 1 fully saturated rings. The lowest BCUT2D eigenvalue weighted by atomic mass is 9.98. The van der Waals surface area contributed by atoms with Crippen molar-refractivity contribution in [1.29, 1.82) is 5.26 Å². The lowest BCUT2D eigenvalue weighted by Crippen LogP contribution is -2.44. The number of hydrogen-bond acceptors (Lipinski definition) is 7. The molecular weight excluding hydrogens is 534 g/mol. The normalized spacial score (nSPS) is 17.4. The van der Waals surface area contributed by atoms with Gasteiger partial charge in [0.15, 0.2) is 0 Å². The highest BCUT2D eigenvalue weighted by molar-refractivity contribution is 7.91. The first-order valence-electron chi connectivity index (χ1n) is 12.9. The fourth-order valence-corrected chi connectivity index (χ4v) is 5.99. The molecule has 0 radical (unpaired) electrons. The third-order valence-corrected chi connectivity index (χ3v) is 8.02. The molecule has 8 nitrogen and oxygen atoms in total. The lowest BCUT2D eigenvalue weighted by molar-refractivity contribution is 0.254. The number of benzene rings is 3. The van der Waals surface area contributed by atoms with Gasteiger partial charge in [-0.3, -0.25) is 4.72 Å². The smallest absolute Gasteiger partial charge is 0.237 e. The second-order valence-corrected chi connectivity index (χ2v) is 11.5. The van der Waals surface area contributed by atoms with Crippen molar-refractivity contribution in [3.63, 3.8) is 0 Å². The fourth-order valence-electron chi connectivity index (χ4n) is 4.78. The molecule has 3 N–H and O–H groups in total. The first-order chi connectivity index (χ1) is 19.2. The maximum Gasteiger partial charge on any atom is 0.237 e. The Balaban J connectivity index is 1.35. The number of nitrogens with zero attached hydrogens (tertiary/aromatic N) is 3. The highest BCUT2D eigenvalue weighted by Gasteiger charge is 2.22. The van der Waals surface area contributed by atoms with E-state index in [0.29, 0.717) is 48.6 Å². The van der Waals surface area contributed by atoms with E-state index in [1.54, 1.807) is 24.4 Å². The van der Waals surface area contributed by atoms with Crippen LogP contribution in [0.1, 0.15) is 30.0 Å². The molecule has 0 amide bonds. The molecule has 2 heterocycles. The number of aromatic nitrogens is 2. The van der Waals surface area contributed by atoms with E-state index in [0.717, 1.165) is 22.0 Å². The first kappa shape index (κ1) is 27.4. The number of halogens is 2. The predicted octanol–water partition coefficient (Wildman–Crippen LogP) is 4.92. The molecule has 1 aliphatic rings. The molecule has 40 heavy (non-hydrogen) atoms. The van der Waals surface area contributed by atoms with Gasteiger partial charge in [0, 0.05) is 37.1 Å². The Kier molecular flexibility index (Phi) is 7.91. The van der Waals surface area contributed by atoms with Gasteiger partial charge in [0.2, 0.25) is 16.0 Å². The van der Waals surface area contributed by atoms with E-state index in [4.69, 9.17) is 5.26 Å². The topological polar surface area (TPSA) is 120 Å². The summed E-state index contributed by atoms with van der Waals surface area (Å²) in [7, 11) is -3.88. The van der Waals surface area contributed by atoms with Crippen LogP contribution >= 0.6 is 0 Å². The van der Waals surface area contributed by atoms with Gasteiger partial charge in [-0.05, 0) is 65.1 Å². The summed E-state index contributed by atoms with van der Waals surface area (Å²) in [5.41, 5.74) is 3.78. The van der Waals surface area contributed by atoms with Crippen molar-refractivity contribution in [2.24, 2.45) is 0 Å². The second kappa shape index (κ2) is 11.5. The summed E-state index contributed by atoms with van der Waals surface area (Å²) >= 11 is 0. The first-order valence-corrected chi connectivity index (χ1v) is 14.6. The molecular formula is C29H28F2N6O2S. The Morgan fingerprint density at radius 2 is 1.90 bits per heavy atom. The van der Waals surface area contributed by atoms with Crippen molar-refractivity contribution < 1.29 is 17.2 Å². The number of rotatable bonds is 8. The van der Waals surface area contributed by atoms with Crippen LogP contribution in [0, 0.1) is 17.1 Å². The number of alkyl halides is 1. The molecule has 0 bridgehead atoms. The number of aryl methyl sites for hydroxylation is 1. The van der Waals surface area contributed by atoms with Gasteiger partial charge < -0.3 is 10.6 Å². The van der Waals surface area contributed by atoms with Crippen LogP contribution in [-0.2, 0) is 22.2 Å². The number of fused-ring (bicyclic) bond motifs is 1. The quantitative estimate of drug-likeness (QED) is 0.279. The Morgan fingerprint density at radius 3 is 2.60 bits per heavy atom. The molecule has 1 saturated heterocycles. The number of sulfonamides is 1. The summed E-state index contributed by atoms with van der Waals surface area (Å²) in [5, 5.41) is 15.9. The van der Waals surface area contributed by atoms with E-state index >= 15 is 4.39 Å². The molecule has 0 spiro atoms.